The molecule has 43 heteroatoms. The lowest BCUT2D eigenvalue weighted by Gasteiger charge is -2.39. The summed E-state index contributed by atoms with van der Waals surface area (Å²) in [5, 5.41) is 17.8. The molecule has 3 amide bonds. The van der Waals surface area contributed by atoms with Gasteiger partial charge in [0.05, 0.1) is 87.8 Å². The van der Waals surface area contributed by atoms with Crippen molar-refractivity contribution in [2.75, 3.05) is 50.0 Å². The second kappa shape index (κ2) is 40.6. The quantitative estimate of drug-likeness (QED) is 0.0119. The minimum Gasteiger partial charge on any atom is -0.497 e. The van der Waals surface area contributed by atoms with E-state index in [-0.39, 0.29) is 111 Å². The summed E-state index contributed by atoms with van der Waals surface area (Å²) in [5.41, 5.74) is -1.32. The maximum absolute atomic E-state index is 17.3. The van der Waals surface area contributed by atoms with Crippen LogP contribution >= 0.6 is 47.4 Å². The number of phosphoric ester groups is 2. The fourth-order valence-electron chi connectivity index (χ4n) is 15.6. The average molecular weight is 1880 g/mol. The number of halogens is 2. The molecule has 6 N–H and O–H groups in total. The molecule has 3 aliphatic rings. The number of nitriles is 1. The Morgan fingerprint density at radius 3 is 1.65 bits per heavy atom. The fourth-order valence-corrected chi connectivity index (χ4v) is 20.2. The van der Waals surface area contributed by atoms with Gasteiger partial charge in [-0.2, -0.15) is 15.2 Å². The van der Waals surface area contributed by atoms with Crippen LogP contribution in [-0.4, -0.2) is 169 Å². The van der Waals surface area contributed by atoms with Crippen LogP contribution in [0.3, 0.4) is 0 Å². The zero-order valence-electron chi connectivity index (χ0n) is 71.9. The van der Waals surface area contributed by atoms with Crippen molar-refractivity contribution in [1.82, 2.24) is 63.2 Å². The Kier molecular flexibility index (Phi) is 29.2. The smallest absolute Gasteiger partial charge is 0.497 e. The number of rotatable bonds is 38. The standard InChI is InChI=1S/C87H94Cl2N17O21P3/c1-49(2)80(107)99-85-97-78-72(83(110)101-85)94-47-104(78)69-41-64(123-128(118-39-21-38-90)106(51(5)6)52(7)8)67(121-69)44-119-130(114,125-63-29-20-18-27-61(63)89)126-65-42-70(105-48-95-73-79(105)98-86(102-84(73)111)100-81(108)50(3)4)122-75(65)74(127-129(112,113)124-62-28-19-17-26-60(62)88)59-40-68(103-46-93-71-76(91-45-92-77(71)103)96-82(109)53-22-13-11-14-23-53)120-66(59)43-117-87(54-24-15-12-16-25-54,55-30-34-57(115-9)35-31-55)56-32-36-58(116-10)37-33-56/h11-20,22-37,45-52,59,64-70,74-75H,21,39-44H2,1-10H3,(H,112,113)(H,91,92,96,109)(H2,97,99,101,107,110)(H2,98,100,102,108,111)/t59-,64-,65-,66-,67+,68+,69+,70+,74?,75+,128?,130?/m0/s1. The van der Waals surface area contributed by atoms with Gasteiger partial charge in [-0.1, -0.05) is 148 Å². The number of carbonyl (C=O) groups is 3. The third-order valence-corrected chi connectivity index (χ3v) is 26.9. The highest BCUT2D eigenvalue weighted by molar-refractivity contribution is 7.49. The van der Waals surface area contributed by atoms with Crippen LogP contribution < -0.4 is 45.6 Å². The second-order valence-corrected chi connectivity index (χ2v) is 36.9. The summed E-state index contributed by atoms with van der Waals surface area (Å²) < 4.78 is 127. The lowest BCUT2D eigenvalue weighted by atomic mass is 9.79. The molecule has 6 aromatic carbocycles. The van der Waals surface area contributed by atoms with Crippen molar-refractivity contribution >= 4 is 116 Å². The van der Waals surface area contributed by atoms with E-state index >= 15 is 9.13 Å². The van der Waals surface area contributed by atoms with E-state index in [1.165, 1.54) is 79.0 Å². The maximum atomic E-state index is 17.3. The van der Waals surface area contributed by atoms with Crippen LogP contribution in [-0.2, 0) is 65.9 Å². The number of H-pyrrole nitrogens is 2. The summed E-state index contributed by atoms with van der Waals surface area (Å²) in [6, 6.07) is 45.7. The number of hydrogen-bond donors (Lipinski definition) is 6. The normalized spacial score (nSPS) is 20.2. The predicted molar refractivity (Wildman–Crippen MR) is 478 cm³/mol. The molecule has 682 valence electrons. The number of aromatic nitrogens is 12. The lowest BCUT2D eigenvalue weighted by Crippen LogP contribution is -2.47. The number of phosphoric acid groups is 2. The molecule has 0 spiro atoms. The number of aromatic amines is 2. The Morgan fingerprint density at radius 1 is 0.608 bits per heavy atom. The van der Waals surface area contributed by atoms with Crippen LogP contribution in [0.5, 0.6) is 23.0 Å². The minimum absolute atomic E-state index is 0.0169. The zero-order chi connectivity index (χ0) is 91.9. The van der Waals surface area contributed by atoms with Crippen LogP contribution in [0.15, 0.2) is 193 Å². The van der Waals surface area contributed by atoms with E-state index in [2.05, 4.69) is 51.9 Å². The Balaban J connectivity index is 0.904. The number of nitrogens with zero attached hydrogens (tertiary/aromatic N) is 12. The number of hydrogen-bond acceptors (Lipinski definition) is 29. The van der Waals surface area contributed by atoms with Gasteiger partial charge in [-0.15, -0.1) is 0 Å². The zero-order valence-corrected chi connectivity index (χ0v) is 76.1. The van der Waals surface area contributed by atoms with E-state index < -0.39 is 151 Å². The molecule has 3 fully saturated rings. The summed E-state index contributed by atoms with van der Waals surface area (Å²) in [7, 11) is -10.3. The van der Waals surface area contributed by atoms with Crippen molar-refractivity contribution in [2.24, 2.45) is 17.8 Å². The molecule has 3 aliphatic heterocycles. The largest absolute Gasteiger partial charge is 0.530 e. The van der Waals surface area contributed by atoms with Gasteiger partial charge >= 0.3 is 15.6 Å². The summed E-state index contributed by atoms with van der Waals surface area (Å²) in [6.45, 7) is 13.1. The molecule has 12 aromatic rings. The summed E-state index contributed by atoms with van der Waals surface area (Å²) in [6.07, 6.45) is -9.19. The monoisotopic (exact) mass is 1880 g/mol. The van der Waals surface area contributed by atoms with E-state index in [0.717, 1.165) is 0 Å². The highest BCUT2D eigenvalue weighted by atomic mass is 35.5. The molecule has 15 rings (SSSR count). The van der Waals surface area contributed by atoms with Gasteiger partial charge in [-0.3, -0.25) is 76.7 Å². The third kappa shape index (κ3) is 20.7. The number of para-hydroxylation sites is 2. The highest BCUT2D eigenvalue weighted by Crippen LogP contribution is 2.60. The fraction of sp³-hybridized carbons (Fsp3) is 0.368. The van der Waals surface area contributed by atoms with Gasteiger partial charge in [0.25, 0.3) is 25.6 Å². The Bertz CT molecular complexity index is 6260. The molecule has 130 heavy (non-hydrogen) atoms. The first kappa shape index (κ1) is 93.4. The first-order valence-corrected chi connectivity index (χ1v) is 46.5. The summed E-state index contributed by atoms with van der Waals surface area (Å²) in [4.78, 5) is 119. The van der Waals surface area contributed by atoms with E-state index in [0.29, 0.717) is 33.8 Å². The Hall–Kier alpha value is -11.3. The van der Waals surface area contributed by atoms with E-state index in [9.17, 15) is 34.1 Å². The highest BCUT2D eigenvalue weighted by Gasteiger charge is 2.57. The number of fused-ring (bicyclic) bond motifs is 3. The van der Waals surface area contributed by atoms with Crippen LogP contribution in [0, 0.1) is 29.1 Å². The molecule has 9 heterocycles. The number of benzene rings is 6. The van der Waals surface area contributed by atoms with Crippen LogP contribution in [0.2, 0.25) is 10.0 Å². The number of methoxy groups -OCH3 is 2. The molecule has 0 radical (unpaired) electrons. The number of ether oxygens (including phenoxy) is 6. The molecule has 4 unspecified atom stereocenters. The first-order chi connectivity index (χ1) is 62.5. The van der Waals surface area contributed by atoms with Gasteiger partial charge in [-0.05, 0) is 105 Å². The topological polar surface area (TPSA) is 459 Å². The molecule has 0 bridgehead atoms. The maximum Gasteiger partial charge on any atom is 0.530 e. The molecule has 0 aliphatic carbocycles. The number of nitrogens with one attached hydrogen (secondary N) is 5. The van der Waals surface area contributed by atoms with Crippen molar-refractivity contribution in [2.45, 2.75) is 154 Å². The van der Waals surface area contributed by atoms with Gasteiger partial charge in [0.15, 0.2) is 39.3 Å². The van der Waals surface area contributed by atoms with Gasteiger partial charge in [0, 0.05) is 54.7 Å². The van der Waals surface area contributed by atoms with Crippen molar-refractivity contribution in [3.63, 3.8) is 0 Å². The Labute approximate surface area is 756 Å². The van der Waals surface area contributed by atoms with E-state index in [1.807, 2.05) is 87.0 Å². The molecule has 38 nitrogen and oxygen atoms in total. The first-order valence-electron chi connectivity index (χ1n) is 41.6. The summed E-state index contributed by atoms with van der Waals surface area (Å²) in [5.74, 6) is -3.95. The number of carbonyl (C=O) groups excluding carboxylic acids is 3. The molecular formula is C87H94Cl2N17O21P3. The number of amides is 3. The average Bonchev–Trinajstić information content (AvgIpc) is 1.67. The third-order valence-electron chi connectivity index (χ3n) is 21.8. The van der Waals surface area contributed by atoms with Gasteiger partial charge < -0.3 is 51.8 Å². The van der Waals surface area contributed by atoms with E-state index in [1.54, 1.807) is 105 Å². The lowest BCUT2D eigenvalue weighted by molar-refractivity contribution is -0.123. The number of imidazole rings is 3. The predicted octanol–water partition coefficient (Wildman–Crippen LogP) is 15.2. The van der Waals surface area contributed by atoms with Gasteiger partial charge in [0.1, 0.15) is 78.0 Å². The van der Waals surface area contributed by atoms with Crippen molar-refractivity contribution in [3.8, 4) is 29.1 Å². The van der Waals surface area contributed by atoms with Crippen molar-refractivity contribution in [1.29, 1.82) is 5.26 Å². The van der Waals surface area contributed by atoms with E-state index in [4.69, 9.17) is 98.2 Å². The summed E-state index contributed by atoms with van der Waals surface area (Å²) >= 11 is 13.8. The minimum atomic E-state index is -5.72. The van der Waals surface area contributed by atoms with Gasteiger partial charge in [0.2, 0.25) is 23.7 Å². The van der Waals surface area contributed by atoms with Crippen molar-refractivity contribution in [3.05, 3.63) is 236 Å². The number of anilines is 3. The van der Waals surface area contributed by atoms with Gasteiger partial charge in [-0.25, -0.2) is 38.7 Å². The second-order valence-electron chi connectivity index (χ2n) is 31.8. The van der Waals surface area contributed by atoms with Crippen LogP contribution in [0.1, 0.15) is 127 Å². The van der Waals surface area contributed by atoms with Crippen molar-refractivity contribution < 1.29 is 88.5 Å². The molecule has 13 atom stereocenters. The molecular weight excluding hydrogens is 1780 g/mol. The Morgan fingerprint density at radius 2 is 1.11 bits per heavy atom. The molecule has 3 saturated heterocycles. The molecule has 0 saturated carbocycles. The van der Waals surface area contributed by atoms with Crippen LogP contribution in [0.4, 0.5) is 17.7 Å². The SMILES string of the molecule is COc1ccc(C(OC[C@@H]2O[C@@H](n3cnc4c(NC(=O)c5ccccc5)ncnc43)C[C@@H]2C(OP(=O)(O)Oc2ccccc2Cl)[C@@H]2O[C@@H](n3cnc4c(=O)[nH]c(NC(=O)C(C)C)nc43)C[C@@H]2OP(=O)(OC[C@H]2O[C@@H](n3cnc4c(=O)[nH]c(NC(=O)C(C)C)nc43)C[C@@H]2OP(OCCC#N)N(C(C)C)C(C)C)Oc2ccccc2Cl)(c2ccccc2)c2ccc(OC)cc2)cc1. The van der Waals surface area contributed by atoms with Crippen LogP contribution in [0.25, 0.3) is 33.5 Å². The molecule has 6 aromatic heterocycles.